The lowest BCUT2D eigenvalue weighted by molar-refractivity contribution is 0.515. The van der Waals surface area contributed by atoms with Gasteiger partial charge in [-0.3, -0.25) is 8.42 Å². The summed E-state index contributed by atoms with van der Waals surface area (Å²) in [6.07, 6.45) is 0. The Labute approximate surface area is 84.3 Å². The summed E-state index contributed by atoms with van der Waals surface area (Å²) < 4.78 is 38.4. The van der Waals surface area contributed by atoms with E-state index in [4.69, 9.17) is 0 Å². The molecule has 0 saturated heterocycles. The highest BCUT2D eigenvalue weighted by Crippen LogP contribution is 1.63. The van der Waals surface area contributed by atoms with Crippen molar-refractivity contribution in [3.8, 4) is 0 Å². The number of hydrogen-bond acceptors (Lipinski definition) is 5. The summed E-state index contributed by atoms with van der Waals surface area (Å²) in [4.78, 5) is 0. The van der Waals surface area contributed by atoms with E-state index < -0.39 is 22.5 Å². The molecule has 13 heavy (non-hydrogen) atoms. The smallest absolute Gasteiger partial charge is 0.0294 e. The molecule has 2 unspecified atom stereocenters. The molecule has 0 aliphatic carbocycles. The zero-order chi connectivity index (χ0) is 9.98. The Hall–Kier alpha value is 0.140. The molecular weight excluding hydrogens is 216 g/mol. The van der Waals surface area contributed by atoms with Crippen LogP contribution in [0, 0.1) is 0 Å². The van der Waals surface area contributed by atoms with Crippen molar-refractivity contribution >= 4 is 22.5 Å². The first kappa shape index (κ1) is 18.8. The van der Waals surface area contributed by atoms with Crippen molar-refractivity contribution < 1.29 is 17.5 Å². The third-order valence-corrected chi connectivity index (χ3v) is 1.72. The van der Waals surface area contributed by atoms with Crippen LogP contribution in [-0.2, 0) is 22.5 Å². The molecule has 0 rings (SSSR count). The van der Waals surface area contributed by atoms with Crippen LogP contribution in [0.4, 0.5) is 0 Å². The fourth-order valence-corrected chi connectivity index (χ4v) is 0.750. The van der Waals surface area contributed by atoms with Gasteiger partial charge < -0.3 is 14.4 Å². The van der Waals surface area contributed by atoms with E-state index in [1.807, 2.05) is 0 Å². The van der Waals surface area contributed by atoms with Crippen LogP contribution in [0.25, 0.3) is 0 Å². The molecule has 2 N–H and O–H groups in total. The van der Waals surface area contributed by atoms with Crippen LogP contribution < -0.4 is 9.44 Å². The summed E-state index contributed by atoms with van der Waals surface area (Å²) in [5, 5.41) is 3.11. The van der Waals surface area contributed by atoms with Crippen molar-refractivity contribution in [3.05, 3.63) is 0 Å². The number of hydrogen-bond donors (Lipinski definition) is 2. The largest absolute Gasteiger partial charge is 0.759 e. The number of rotatable bonds is 4. The number of nitrogens with one attached hydrogen (secondary N) is 2. The van der Waals surface area contributed by atoms with E-state index in [-0.39, 0.29) is 7.43 Å². The molecule has 0 aromatic rings. The van der Waals surface area contributed by atoms with E-state index in [2.05, 4.69) is 19.2 Å². The van der Waals surface area contributed by atoms with Crippen molar-refractivity contribution in [1.29, 1.82) is 0 Å². The standard InChI is InChI=1S/C4H11N.CH4.H3NO4S2/c1-3-5-4-2;;2-6(3)1-7(4)5/h5H,3-4H2,1-2H3;1H4;1H,(H,2,3)(H,4,5)/p-2. The van der Waals surface area contributed by atoms with Gasteiger partial charge in [0, 0.05) is 22.5 Å². The SMILES string of the molecule is C.CCNCC.O=S([O-])NS(=O)[O-]. The molecule has 6 nitrogen and oxygen atoms in total. The van der Waals surface area contributed by atoms with E-state index in [9.17, 15) is 17.5 Å². The summed E-state index contributed by atoms with van der Waals surface area (Å²) in [5.74, 6) is 0. The maximum atomic E-state index is 9.31. The predicted octanol–water partition coefficient (Wildman–Crippen LogP) is -0.584. The summed E-state index contributed by atoms with van der Waals surface area (Å²) in [6.45, 7) is 6.39. The molecule has 84 valence electrons. The minimum atomic E-state index is -2.71. The van der Waals surface area contributed by atoms with Gasteiger partial charge in [0.15, 0.2) is 0 Å². The predicted molar refractivity (Wildman–Crippen MR) is 51.9 cm³/mol. The highest BCUT2D eigenvalue weighted by atomic mass is 32.3. The average molecular weight is 232 g/mol. The van der Waals surface area contributed by atoms with Crippen molar-refractivity contribution in [2.24, 2.45) is 0 Å². The van der Waals surface area contributed by atoms with Gasteiger partial charge in [-0.2, -0.15) is 4.13 Å². The highest BCUT2D eigenvalue weighted by Gasteiger charge is 1.73. The van der Waals surface area contributed by atoms with Gasteiger partial charge in [-0.05, 0) is 13.1 Å². The fourth-order valence-electron chi connectivity index (χ4n) is 0.306. The van der Waals surface area contributed by atoms with Gasteiger partial charge in [-0.15, -0.1) is 0 Å². The second-order valence-electron chi connectivity index (χ2n) is 1.51. The van der Waals surface area contributed by atoms with E-state index in [0.29, 0.717) is 0 Å². The lowest BCUT2D eigenvalue weighted by atomic mass is 10.7. The van der Waals surface area contributed by atoms with E-state index >= 15 is 0 Å². The minimum absolute atomic E-state index is 0. The van der Waals surface area contributed by atoms with Gasteiger partial charge in [0.1, 0.15) is 0 Å². The van der Waals surface area contributed by atoms with E-state index in [1.54, 1.807) is 0 Å². The van der Waals surface area contributed by atoms with Crippen LogP contribution in [-0.4, -0.2) is 30.6 Å². The second-order valence-corrected chi connectivity index (χ2v) is 3.12. The molecule has 0 aromatic heterocycles. The first-order valence-electron chi connectivity index (χ1n) is 3.20. The molecule has 0 aliphatic rings. The van der Waals surface area contributed by atoms with Gasteiger partial charge >= 0.3 is 0 Å². The second kappa shape index (κ2) is 14.7. The van der Waals surface area contributed by atoms with Gasteiger partial charge in [0.25, 0.3) is 0 Å². The van der Waals surface area contributed by atoms with Crippen LogP contribution in [0.3, 0.4) is 0 Å². The Morgan fingerprint density at radius 1 is 1.08 bits per heavy atom. The molecule has 0 aliphatic heterocycles. The summed E-state index contributed by atoms with van der Waals surface area (Å²) in [7, 11) is 0. The Morgan fingerprint density at radius 3 is 1.38 bits per heavy atom. The van der Waals surface area contributed by atoms with Crippen molar-refractivity contribution in [2.75, 3.05) is 13.1 Å². The highest BCUT2D eigenvalue weighted by molar-refractivity contribution is 7.92. The summed E-state index contributed by atoms with van der Waals surface area (Å²) >= 11 is -5.42. The molecule has 0 aromatic carbocycles. The molecule has 0 radical (unpaired) electrons. The monoisotopic (exact) mass is 232 g/mol. The van der Waals surface area contributed by atoms with Crippen LogP contribution in [0.1, 0.15) is 21.3 Å². The van der Waals surface area contributed by atoms with Gasteiger partial charge in [-0.1, -0.05) is 21.3 Å². The van der Waals surface area contributed by atoms with Crippen molar-refractivity contribution in [2.45, 2.75) is 21.3 Å². The quantitative estimate of drug-likeness (QED) is 0.631. The third-order valence-electron chi connectivity index (χ3n) is 0.636. The van der Waals surface area contributed by atoms with Crippen LogP contribution >= 0.6 is 0 Å². The van der Waals surface area contributed by atoms with Crippen molar-refractivity contribution in [3.63, 3.8) is 0 Å². The van der Waals surface area contributed by atoms with Crippen LogP contribution in [0.5, 0.6) is 0 Å². The van der Waals surface area contributed by atoms with E-state index in [1.165, 1.54) is 0 Å². The maximum absolute atomic E-state index is 9.31. The van der Waals surface area contributed by atoms with E-state index in [0.717, 1.165) is 17.2 Å². The maximum Gasteiger partial charge on any atom is 0.0294 e. The third kappa shape index (κ3) is 33.1. The fraction of sp³-hybridized carbons (Fsp3) is 1.00. The normalized spacial score (nSPS) is 13.2. The summed E-state index contributed by atoms with van der Waals surface area (Å²) in [5.41, 5.74) is 0. The Bertz CT molecular complexity index is 130. The molecule has 0 bridgehead atoms. The lowest BCUT2D eigenvalue weighted by Gasteiger charge is -2.07. The molecule has 8 heteroatoms. The molecule has 0 saturated carbocycles. The Kier molecular flexibility index (Phi) is 21.2. The molecule has 0 spiro atoms. The van der Waals surface area contributed by atoms with Crippen LogP contribution in [0.2, 0.25) is 0 Å². The molecule has 0 fully saturated rings. The Balaban J connectivity index is -0.000000150. The molecule has 2 atom stereocenters. The summed E-state index contributed by atoms with van der Waals surface area (Å²) in [6, 6.07) is 0. The molecule has 0 heterocycles. The van der Waals surface area contributed by atoms with Gasteiger partial charge in [0.05, 0.1) is 0 Å². The minimum Gasteiger partial charge on any atom is -0.759 e. The van der Waals surface area contributed by atoms with Crippen LogP contribution in [0.15, 0.2) is 0 Å². The molecule has 0 amide bonds. The van der Waals surface area contributed by atoms with Crippen molar-refractivity contribution in [1.82, 2.24) is 9.44 Å². The zero-order valence-electron chi connectivity index (χ0n) is 6.86. The first-order chi connectivity index (χ1) is 5.54. The zero-order valence-corrected chi connectivity index (χ0v) is 8.50. The van der Waals surface area contributed by atoms with Gasteiger partial charge in [-0.25, -0.2) is 0 Å². The van der Waals surface area contributed by atoms with Gasteiger partial charge in [0.2, 0.25) is 0 Å². The lowest BCUT2D eigenvalue weighted by Crippen LogP contribution is -2.18. The first-order valence-corrected chi connectivity index (χ1v) is 5.35. The topological polar surface area (TPSA) is 104 Å². The molecular formula is C5H16N2O4S2-2. The average Bonchev–Trinajstić information content (AvgIpc) is 1.87. The Morgan fingerprint density at radius 2 is 1.38 bits per heavy atom.